The lowest BCUT2D eigenvalue weighted by molar-refractivity contribution is -0.118. The number of nitrogens with one attached hydrogen (secondary N) is 3. The Morgan fingerprint density at radius 1 is 1.12 bits per heavy atom. The van der Waals surface area contributed by atoms with Gasteiger partial charge in [-0.2, -0.15) is 5.10 Å². The zero-order valence-corrected chi connectivity index (χ0v) is 14.2. The second-order valence-electron chi connectivity index (χ2n) is 6.16. The van der Waals surface area contributed by atoms with Crippen molar-refractivity contribution in [2.45, 2.75) is 20.4 Å². The summed E-state index contributed by atoms with van der Waals surface area (Å²) in [5, 5.41) is 13.5. The molecule has 0 spiro atoms. The second kappa shape index (κ2) is 7.17. The number of aromatic amines is 1. The van der Waals surface area contributed by atoms with E-state index in [1.54, 1.807) is 12.3 Å². The van der Waals surface area contributed by atoms with Crippen molar-refractivity contribution in [1.82, 2.24) is 15.5 Å². The van der Waals surface area contributed by atoms with Crippen molar-refractivity contribution < 1.29 is 9.59 Å². The number of aromatic nitrogens is 2. The van der Waals surface area contributed by atoms with Crippen LogP contribution < -0.4 is 10.6 Å². The quantitative estimate of drug-likeness (QED) is 0.669. The van der Waals surface area contributed by atoms with Gasteiger partial charge in [-0.05, 0) is 23.8 Å². The Kier molecular flexibility index (Phi) is 4.79. The van der Waals surface area contributed by atoms with Crippen molar-refractivity contribution in [2.24, 2.45) is 5.92 Å². The van der Waals surface area contributed by atoms with Crippen LogP contribution in [0.5, 0.6) is 0 Å². The molecule has 0 saturated carbocycles. The zero-order chi connectivity index (χ0) is 17.8. The summed E-state index contributed by atoms with van der Waals surface area (Å²) in [6, 6.07) is 12.9. The van der Waals surface area contributed by atoms with Gasteiger partial charge >= 0.3 is 0 Å². The zero-order valence-electron chi connectivity index (χ0n) is 14.2. The standard InChI is InChI=1S/C19H20N4O2/c1-12(2)18(24)22-15-8-6-13(7-9-15)10-20-19(25)16-5-3-4-14-11-21-23-17(14)16/h3-9,11-12H,10H2,1-2H3,(H,20,25)(H,21,23)(H,22,24). The first-order chi connectivity index (χ1) is 12.0. The maximum atomic E-state index is 12.4. The molecule has 1 aromatic heterocycles. The third-order valence-electron chi connectivity index (χ3n) is 3.92. The Labute approximate surface area is 145 Å². The minimum Gasteiger partial charge on any atom is -0.348 e. The molecule has 0 radical (unpaired) electrons. The summed E-state index contributed by atoms with van der Waals surface area (Å²) in [6.45, 7) is 4.10. The smallest absolute Gasteiger partial charge is 0.253 e. The lowest BCUT2D eigenvalue weighted by atomic mass is 10.1. The molecule has 6 heteroatoms. The van der Waals surface area contributed by atoms with E-state index in [1.807, 2.05) is 50.2 Å². The molecule has 0 aliphatic heterocycles. The Balaban J connectivity index is 1.62. The largest absolute Gasteiger partial charge is 0.348 e. The van der Waals surface area contributed by atoms with Crippen LogP contribution in [-0.2, 0) is 11.3 Å². The van der Waals surface area contributed by atoms with E-state index in [1.165, 1.54) is 0 Å². The van der Waals surface area contributed by atoms with Crippen molar-refractivity contribution in [3.05, 3.63) is 59.8 Å². The van der Waals surface area contributed by atoms with Crippen LogP contribution in [-0.4, -0.2) is 22.0 Å². The first-order valence-electron chi connectivity index (χ1n) is 8.14. The number of carbonyl (C=O) groups is 2. The van der Waals surface area contributed by atoms with Crippen LogP contribution in [0.2, 0.25) is 0 Å². The van der Waals surface area contributed by atoms with Crippen molar-refractivity contribution >= 4 is 28.4 Å². The average molecular weight is 336 g/mol. The summed E-state index contributed by atoms with van der Waals surface area (Å²) in [5.74, 6) is -0.245. The van der Waals surface area contributed by atoms with E-state index < -0.39 is 0 Å². The summed E-state index contributed by atoms with van der Waals surface area (Å²) in [7, 11) is 0. The van der Waals surface area contributed by atoms with E-state index in [-0.39, 0.29) is 17.7 Å². The SMILES string of the molecule is CC(C)C(=O)Nc1ccc(CNC(=O)c2cccc3cn[nH]c23)cc1. The third-order valence-corrected chi connectivity index (χ3v) is 3.92. The number of benzene rings is 2. The Bertz CT molecular complexity index is 897. The summed E-state index contributed by atoms with van der Waals surface area (Å²) in [5.41, 5.74) is 2.99. The van der Waals surface area contributed by atoms with Gasteiger partial charge in [0.05, 0.1) is 17.3 Å². The third kappa shape index (κ3) is 3.85. The first kappa shape index (κ1) is 16.7. The van der Waals surface area contributed by atoms with Gasteiger partial charge in [0.2, 0.25) is 5.91 Å². The van der Waals surface area contributed by atoms with Crippen LogP contribution in [0, 0.1) is 5.92 Å². The highest BCUT2D eigenvalue weighted by atomic mass is 16.2. The van der Waals surface area contributed by atoms with E-state index in [0.717, 1.165) is 22.2 Å². The van der Waals surface area contributed by atoms with Gasteiger partial charge in [-0.3, -0.25) is 14.7 Å². The second-order valence-corrected chi connectivity index (χ2v) is 6.16. The number of H-pyrrole nitrogens is 1. The topological polar surface area (TPSA) is 86.9 Å². The Morgan fingerprint density at radius 3 is 2.60 bits per heavy atom. The molecule has 0 unspecified atom stereocenters. The van der Waals surface area contributed by atoms with Gasteiger partial charge in [-0.1, -0.05) is 38.1 Å². The average Bonchev–Trinajstić information content (AvgIpc) is 3.09. The number of anilines is 1. The summed E-state index contributed by atoms with van der Waals surface area (Å²) in [6.07, 6.45) is 1.69. The van der Waals surface area contributed by atoms with E-state index in [9.17, 15) is 9.59 Å². The number of carbonyl (C=O) groups excluding carboxylic acids is 2. The normalized spacial score (nSPS) is 10.8. The van der Waals surface area contributed by atoms with Gasteiger partial charge in [0.25, 0.3) is 5.91 Å². The molecule has 6 nitrogen and oxygen atoms in total. The molecule has 0 aliphatic rings. The molecule has 0 aliphatic carbocycles. The van der Waals surface area contributed by atoms with E-state index in [4.69, 9.17) is 0 Å². The summed E-state index contributed by atoms with van der Waals surface area (Å²) >= 11 is 0. The van der Waals surface area contributed by atoms with Gasteiger partial charge < -0.3 is 10.6 Å². The highest BCUT2D eigenvalue weighted by Gasteiger charge is 2.11. The van der Waals surface area contributed by atoms with Crippen LogP contribution in [0.15, 0.2) is 48.7 Å². The molecule has 0 bridgehead atoms. The fraction of sp³-hybridized carbons (Fsp3) is 0.211. The molecule has 0 fully saturated rings. The number of rotatable bonds is 5. The van der Waals surface area contributed by atoms with Crippen LogP contribution in [0.25, 0.3) is 10.9 Å². The summed E-state index contributed by atoms with van der Waals surface area (Å²) in [4.78, 5) is 24.1. The predicted octanol–water partition coefficient (Wildman–Crippen LogP) is 3.09. The highest BCUT2D eigenvalue weighted by molar-refractivity contribution is 6.05. The van der Waals surface area contributed by atoms with Crippen molar-refractivity contribution in [3.8, 4) is 0 Å². The number of nitrogens with zero attached hydrogens (tertiary/aromatic N) is 1. The summed E-state index contributed by atoms with van der Waals surface area (Å²) < 4.78 is 0. The van der Waals surface area contributed by atoms with Gasteiger partial charge in [-0.25, -0.2) is 0 Å². The minimum absolute atomic E-state index is 0.0197. The first-order valence-corrected chi connectivity index (χ1v) is 8.14. The lowest BCUT2D eigenvalue weighted by Crippen LogP contribution is -2.23. The van der Waals surface area contributed by atoms with E-state index >= 15 is 0 Å². The Morgan fingerprint density at radius 2 is 1.88 bits per heavy atom. The van der Waals surface area contributed by atoms with Crippen LogP contribution in [0.3, 0.4) is 0 Å². The van der Waals surface area contributed by atoms with Crippen molar-refractivity contribution in [1.29, 1.82) is 0 Å². The molecule has 1 heterocycles. The predicted molar refractivity (Wildman–Crippen MR) is 97.2 cm³/mol. The fourth-order valence-electron chi connectivity index (χ4n) is 2.43. The molecule has 3 N–H and O–H groups in total. The van der Waals surface area contributed by atoms with Gasteiger partial charge in [0.1, 0.15) is 0 Å². The van der Waals surface area contributed by atoms with Gasteiger partial charge in [0.15, 0.2) is 0 Å². The van der Waals surface area contributed by atoms with Gasteiger partial charge in [0, 0.05) is 23.5 Å². The van der Waals surface area contributed by atoms with E-state index in [2.05, 4.69) is 20.8 Å². The minimum atomic E-state index is -0.160. The van der Waals surface area contributed by atoms with Crippen molar-refractivity contribution in [2.75, 3.05) is 5.32 Å². The molecular formula is C19H20N4O2. The Hall–Kier alpha value is -3.15. The van der Waals surface area contributed by atoms with Crippen molar-refractivity contribution in [3.63, 3.8) is 0 Å². The number of hydrogen-bond donors (Lipinski definition) is 3. The number of para-hydroxylation sites is 1. The maximum absolute atomic E-state index is 12.4. The molecule has 2 amide bonds. The maximum Gasteiger partial charge on any atom is 0.253 e. The lowest BCUT2D eigenvalue weighted by Gasteiger charge is -2.09. The molecular weight excluding hydrogens is 316 g/mol. The molecule has 2 aromatic carbocycles. The number of hydrogen-bond acceptors (Lipinski definition) is 3. The molecule has 3 aromatic rings. The van der Waals surface area contributed by atoms with Crippen LogP contribution in [0.4, 0.5) is 5.69 Å². The molecule has 0 saturated heterocycles. The van der Waals surface area contributed by atoms with E-state index in [0.29, 0.717) is 12.1 Å². The van der Waals surface area contributed by atoms with Crippen LogP contribution >= 0.6 is 0 Å². The molecule has 25 heavy (non-hydrogen) atoms. The number of fused-ring (bicyclic) bond motifs is 1. The van der Waals surface area contributed by atoms with Gasteiger partial charge in [-0.15, -0.1) is 0 Å². The highest BCUT2D eigenvalue weighted by Crippen LogP contribution is 2.16. The number of amides is 2. The molecule has 128 valence electrons. The molecule has 0 atom stereocenters. The molecule has 3 rings (SSSR count). The van der Waals surface area contributed by atoms with Crippen LogP contribution in [0.1, 0.15) is 29.8 Å². The fourth-order valence-corrected chi connectivity index (χ4v) is 2.43. The monoisotopic (exact) mass is 336 g/mol.